The topological polar surface area (TPSA) is 52.6 Å². The van der Waals surface area contributed by atoms with E-state index >= 15 is 0 Å². The smallest absolute Gasteiger partial charge is 0.345 e. The van der Waals surface area contributed by atoms with Crippen molar-refractivity contribution in [1.29, 1.82) is 0 Å². The van der Waals surface area contributed by atoms with Crippen LogP contribution in [0.5, 0.6) is 5.75 Å². The van der Waals surface area contributed by atoms with Gasteiger partial charge in [-0.15, -0.1) is 0 Å². The lowest BCUT2D eigenvalue weighted by molar-refractivity contribution is -0.149. The molecule has 0 radical (unpaired) electrons. The van der Waals surface area contributed by atoms with Crippen LogP contribution in [-0.2, 0) is 9.53 Å². The summed E-state index contributed by atoms with van der Waals surface area (Å²) < 4.78 is 11.2. The summed E-state index contributed by atoms with van der Waals surface area (Å²) in [7, 11) is 0. The average molecular weight is 344 g/mol. The largest absolute Gasteiger partial charge is 0.482 e. The summed E-state index contributed by atoms with van der Waals surface area (Å²) in [6, 6.07) is 22.4. The van der Waals surface area contributed by atoms with Gasteiger partial charge in [0.1, 0.15) is 12.0 Å². The molecule has 0 aliphatic heterocycles. The molecule has 0 saturated heterocycles. The Labute approximate surface area is 151 Å². The van der Waals surface area contributed by atoms with E-state index in [1.807, 2.05) is 48.5 Å². The van der Waals surface area contributed by atoms with E-state index in [-0.39, 0.29) is 6.61 Å². The monoisotopic (exact) mass is 344 g/mol. The highest BCUT2D eigenvalue weighted by atomic mass is 16.6. The fourth-order valence-corrected chi connectivity index (χ4v) is 3.19. The first-order valence-electron chi connectivity index (χ1n) is 8.32. The van der Waals surface area contributed by atoms with E-state index in [0.29, 0.717) is 11.3 Å². The van der Waals surface area contributed by atoms with Crippen LogP contribution in [0.4, 0.5) is 0 Å². The summed E-state index contributed by atoms with van der Waals surface area (Å²) in [6.45, 7) is -0.193. The number of hydrogen-bond acceptors (Lipinski definition) is 4. The lowest BCUT2D eigenvalue weighted by atomic mass is 10.1. The van der Waals surface area contributed by atoms with Crippen molar-refractivity contribution in [2.75, 3.05) is 6.61 Å². The number of rotatable bonds is 5. The standard InChI is InChI=1S/C22H16O4/c23-13-15-9-11-16(12-10-15)25-14-21(24)26-22-19-7-3-1-5-17(19)18-6-2-4-8-20(18)22/h1-13,22H,14H2. The van der Waals surface area contributed by atoms with Crippen LogP contribution < -0.4 is 4.74 Å². The molecule has 0 aromatic heterocycles. The highest BCUT2D eigenvalue weighted by molar-refractivity contribution is 5.80. The normalized spacial score (nSPS) is 12.2. The summed E-state index contributed by atoms with van der Waals surface area (Å²) in [4.78, 5) is 23.0. The molecule has 0 heterocycles. The third kappa shape index (κ3) is 2.97. The molecule has 3 aromatic rings. The minimum atomic E-state index is -0.444. The van der Waals surface area contributed by atoms with E-state index in [4.69, 9.17) is 9.47 Å². The fraction of sp³-hybridized carbons (Fsp3) is 0.0909. The Morgan fingerprint density at radius 3 is 2.00 bits per heavy atom. The van der Waals surface area contributed by atoms with Gasteiger partial charge in [-0.3, -0.25) is 4.79 Å². The van der Waals surface area contributed by atoms with Crippen molar-refractivity contribution >= 4 is 12.3 Å². The van der Waals surface area contributed by atoms with Crippen LogP contribution in [-0.4, -0.2) is 18.9 Å². The number of carbonyl (C=O) groups is 2. The van der Waals surface area contributed by atoms with Crippen molar-refractivity contribution in [3.05, 3.63) is 89.5 Å². The van der Waals surface area contributed by atoms with Gasteiger partial charge in [0.2, 0.25) is 0 Å². The molecule has 0 unspecified atom stereocenters. The highest BCUT2D eigenvalue weighted by Crippen LogP contribution is 2.44. The van der Waals surface area contributed by atoms with Gasteiger partial charge in [0.25, 0.3) is 0 Å². The molecule has 4 heteroatoms. The van der Waals surface area contributed by atoms with E-state index < -0.39 is 12.1 Å². The number of benzene rings is 3. The molecule has 0 amide bonds. The Morgan fingerprint density at radius 1 is 0.846 bits per heavy atom. The Bertz CT molecular complexity index is 914. The van der Waals surface area contributed by atoms with Crippen molar-refractivity contribution in [2.24, 2.45) is 0 Å². The van der Waals surface area contributed by atoms with E-state index in [1.165, 1.54) is 0 Å². The number of fused-ring (bicyclic) bond motifs is 3. The molecular weight excluding hydrogens is 328 g/mol. The fourth-order valence-electron chi connectivity index (χ4n) is 3.19. The maximum absolute atomic E-state index is 12.3. The molecule has 0 bridgehead atoms. The predicted octanol–water partition coefficient (Wildman–Crippen LogP) is 4.19. The van der Waals surface area contributed by atoms with Crippen LogP contribution in [0.2, 0.25) is 0 Å². The number of aldehydes is 1. The Kier molecular flexibility index (Phi) is 4.23. The van der Waals surface area contributed by atoms with Gasteiger partial charge in [-0.1, -0.05) is 48.5 Å². The first-order valence-corrected chi connectivity index (χ1v) is 8.32. The number of esters is 1. The molecule has 0 atom stereocenters. The van der Waals surface area contributed by atoms with Gasteiger partial charge in [-0.25, -0.2) is 4.79 Å². The second-order valence-electron chi connectivity index (χ2n) is 6.02. The van der Waals surface area contributed by atoms with Crippen molar-refractivity contribution in [3.8, 4) is 16.9 Å². The predicted molar refractivity (Wildman–Crippen MR) is 97.1 cm³/mol. The molecule has 0 spiro atoms. The molecule has 0 N–H and O–H groups in total. The molecule has 4 rings (SSSR count). The van der Waals surface area contributed by atoms with Crippen LogP contribution >= 0.6 is 0 Å². The van der Waals surface area contributed by atoms with Crippen LogP contribution in [0.1, 0.15) is 27.6 Å². The van der Waals surface area contributed by atoms with Gasteiger partial charge < -0.3 is 9.47 Å². The number of carbonyl (C=O) groups excluding carboxylic acids is 2. The minimum Gasteiger partial charge on any atom is -0.482 e. The molecule has 1 aliphatic rings. The van der Waals surface area contributed by atoms with Gasteiger partial charge in [0.05, 0.1) is 0 Å². The maximum Gasteiger partial charge on any atom is 0.345 e. The molecule has 26 heavy (non-hydrogen) atoms. The molecule has 3 aromatic carbocycles. The summed E-state index contributed by atoms with van der Waals surface area (Å²) in [5.41, 5.74) is 4.70. The van der Waals surface area contributed by atoms with E-state index in [1.54, 1.807) is 24.3 Å². The summed E-state index contributed by atoms with van der Waals surface area (Å²) in [5.74, 6) is 0.0701. The van der Waals surface area contributed by atoms with Gasteiger partial charge >= 0.3 is 5.97 Å². The molecule has 1 aliphatic carbocycles. The molecule has 0 fully saturated rings. The van der Waals surface area contributed by atoms with Crippen LogP contribution in [0.15, 0.2) is 72.8 Å². The first-order chi connectivity index (χ1) is 12.8. The molecule has 0 saturated carbocycles. The minimum absolute atomic E-state index is 0.193. The lowest BCUT2D eigenvalue weighted by Crippen LogP contribution is -2.18. The van der Waals surface area contributed by atoms with Crippen LogP contribution in [0.3, 0.4) is 0 Å². The second kappa shape index (κ2) is 6.84. The summed E-state index contributed by atoms with van der Waals surface area (Å²) in [6.07, 6.45) is 0.337. The van der Waals surface area contributed by atoms with Gasteiger partial charge in [0, 0.05) is 16.7 Å². The SMILES string of the molecule is O=Cc1ccc(OCC(=O)OC2c3ccccc3-c3ccccc32)cc1. The van der Waals surface area contributed by atoms with Crippen molar-refractivity contribution in [2.45, 2.75) is 6.10 Å². The summed E-state index contributed by atoms with van der Waals surface area (Å²) >= 11 is 0. The molecular formula is C22H16O4. The summed E-state index contributed by atoms with van der Waals surface area (Å²) in [5, 5.41) is 0. The van der Waals surface area contributed by atoms with Gasteiger partial charge in [0.15, 0.2) is 12.7 Å². The molecule has 128 valence electrons. The van der Waals surface area contributed by atoms with E-state index in [0.717, 1.165) is 28.5 Å². The zero-order valence-electron chi connectivity index (χ0n) is 13.9. The lowest BCUT2D eigenvalue weighted by Gasteiger charge is -2.15. The van der Waals surface area contributed by atoms with E-state index in [9.17, 15) is 9.59 Å². The second-order valence-corrected chi connectivity index (χ2v) is 6.02. The van der Waals surface area contributed by atoms with Crippen LogP contribution in [0, 0.1) is 0 Å². The van der Waals surface area contributed by atoms with E-state index in [2.05, 4.69) is 0 Å². The first kappa shape index (κ1) is 16.1. The Morgan fingerprint density at radius 2 is 1.42 bits per heavy atom. The Hall–Kier alpha value is -3.40. The van der Waals surface area contributed by atoms with Crippen molar-refractivity contribution in [3.63, 3.8) is 0 Å². The number of hydrogen-bond donors (Lipinski definition) is 0. The third-order valence-electron chi connectivity index (χ3n) is 4.40. The quantitative estimate of drug-likeness (QED) is 0.514. The zero-order valence-corrected chi connectivity index (χ0v) is 13.9. The maximum atomic E-state index is 12.3. The molecule has 4 nitrogen and oxygen atoms in total. The van der Waals surface area contributed by atoms with Gasteiger partial charge in [-0.05, 0) is 35.4 Å². The average Bonchev–Trinajstić information content (AvgIpc) is 3.01. The van der Waals surface area contributed by atoms with Crippen molar-refractivity contribution < 1.29 is 19.1 Å². The highest BCUT2D eigenvalue weighted by Gasteiger charge is 2.30. The van der Waals surface area contributed by atoms with Crippen LogP contribution in [0.25, 0.3) is 11.1 Å². The van der Waals surface area contributed by atoms with Crippen molar-refractivity contribution in [1.82, 2.24) is 0 Å². The third-order valence-corrected chi connectivity index (χ3v) is 4.40. The number of ether oxygens (including phenoxy) is 2. The zero-order chi connectivity index (χ0) is 17.9. The Balaban J connectivity index is 1.48. The van der Waals surface area contributed by atoms with Gasteiger partial charge in [-0.2, -0.15) is 0 Å².